The van der Waals surface area contributed by atoms with Gasteiger partial charge >= 0.3 is 0 Å². The predicted octanol–water partition coefficient (Wildman–Crippen LogP) is 2.56. The van der Waals surface area contributed by atoms with Gasteiger partial charge in [0.2, 0.25) is 0 Å². The third-order valence-electron chi connectivity index (χ3n) is 3.14. The molecule has 3 nitrogen and oxygen atoms in total. The zero-order valence-corrected chi connectivity index (χ0v) is 12.1. The number of nitrogens with zero attached hydrogens (tertiary/aromatic N) is 1. The van der Waals surface area contributed by atoms with Gasteiger partial charge in [-0.15, -0.1) is 0 Å². The molecular weight excluding hydrogens is 224 g/mol. The molecule has 1 aromatic rings. The quantitative estimate of drug-likeness (QED) is 0.814. The van der Waals surface area contributed by atoms with E-state index in [2.05, 4.69) is 48.3 Å². The summed E-state index contributed by atoms with van der Waals surface area (Å²) in [6.45, 7) is 6.09. The van der Waals surface area contributed by atoms with Gasteiger partial charge in [0, 0.05) is 31.9 Å². The Morgan fingerprint density at radius 3 is 2.11 bits per heavy atom. The fourth-order valence-electron chi connectivity index (χ4n) is 2.16. The van der Waals surface area contributed by atoms with Crippen molar-refractivity contribution in [1.29, 1.82) is 0 Å². The molecule has 3 unspecified atom stereocenters. The van der Waals surface area contributed by atoms with Gasteiger partial charge in [-0.1, -0.05) is 12.1 Å². The van der Waals surface area contributed by atoms with Crippen LogP contribution in [0.5, 0.6) is 0 Å². The summed E-state index contributed by atoms with van der Waals surface area (Å²) in [6, 6.07) is 9.19. The summed E-state index contributed by atoms with van der Waals surface area (Å²) in [5, 5.41) is 12.9. The van der Waals surface area contributed by atoms with E-state index in [4.69, 9.17) is 0 Å². The Hall–Kier alpha value is -1.06. The van der Waals surface area contributed by atoms with Gasteiger partial charge in [-0.05, 0) is 44.9 Å². The molecule has 0 heterocycles. The van der Waals surface area contributed by atoms with Crippen molar-refractivity contribution in [1.82, 2.24) is 5.32 Å². The summed E-state index contributed by atoms with van der Waals surface area (Å²) < 4.78 is 0. The second-order valence-corrected chi connectivity index (χ2v) is 5.36. The average molecular weight is 250 g/mol. The lowest BCUT2D eigenvalue weighted by Gasteiger charge is -2.22. The molecule has 0 aliphatic rings. The molecule has 3 heteroatoms. The molecule has 0 amide bonds. The molecule has 0 radical (unpaired) electrons. The minimum absolute atomic E-state index is 0.254. The maximum atomic E-state index is 9.36. The highest BCUT2D eigenvalue weighted by Gasteiger charge is 2.11. The van der Waals surface area contributed by atoms with E-state index < -0.39 is 0 Å². The fourth-order valence-corrected chi connectivity index (χ4v) is 2.16. The lowest BCUT2D eigenvalue weighted by atomic mass is 10.1. The number of hydrogen-bond donors (Lipinski definition) is 2. The van der Waals surface area contributed by atoms with Gasteiger partial charge in [0.25, 0.3) is 0 Å². The van der Waals surface area contributed by atoms with Gasteiger partial charge in [0.1, 0.15) is 0 Å². The van der Waals surface area contributed by atoms with Gasteiger partial charge in [-0.2, -0.15) is 0 Å². The molecule has 0 saturated heterocycles. The maximum Gasteiger partial charge on any atom is 0.0526 e. The minimum Gasteiger partial charge on any atom is -0.393 e. The van der Waals surface area contributed by atoms with Crippen molar-refractivity contribution in [2.75, 3.05) is 19.0 Å². The Labute approximate surface area is 111 Å². The van der Waals surface area contributed by atoms with Gasteiger partial charge in [0.05, 0.1) is 6.10 Å². The number of anilines is 1. The van der Waals surface area contributed by atoms with Crippen LogP contribution in [0.3, 0.4) is 0 Å². The van der Waals surface area contributed by atoms with Gasteiger partial charge in [0.15, 0.2) is 0 Å². The van der Waals surface area contributed by atoms with E-state index in [1.807, 2.05) is 21.0 Å². The van der Waals surface area contributed by atoms with Crippen molar-refractivity contribution in [3.63, 3.8) is 0 Å². The molecule has 2 N–H and O–H groups in total. The van der Waals surface area contributed by atoms with Crippen LogP contribution in [0.15, 0.2) is 24.3 Å². The first-order valence-corrected chi connectivity index (χ1v) is 6.61. The number of aliphatic hydroxyl groups excluding tert-OH is 1. The molecule has 0 aromatic heterocycles. The van der Waals surface area contributed by atoms with E-state index in [0.717, 1.165) is 6.42 Å². The molecule has 1 rings (SSSR count). The highest BCUT2D eigenvalue weighted by molar-refractivity contribution is 5.46. The predicted molar refractivity (Wildman–Crippen MR) is 78.1 cm³/mol. The molecule has 0 fully saturated rings. The van der Waals surface area contributed by atoms with Crippen LogP contribution in [-0.2, 0) is 0 Å². The molecule has 18 heavy (non-hydrogen) atoms. The number of rotatable bonds is 6. The van der Waals surface area contributed by atoms with Crippen LogP contribution in [-0.4, -0.2) is 31.3 Å². The van der Waals surface area contributed by atoms with E-state index in [0.29, 0.717) is 12.1 Å². The molecular formula is C15H26N2O. The Morgan fingerprint density at radius 2 is 1.67 bits per heavy atom. The van der Waals surface area contributed by atoms with Crippen molar-refractivity contribution >= 4 is 5.69 Å². The van der Waals surface area contributed by atoms with Crippen molar-refractivity contribution in [3.05, 3.63) is 29.8 Å². The van der Waals surface area contributed by atoms with Crippen molar-refractivity contribution in [2.45, 2.75) is 45.4 Å². The highest BCUT2D eigenvalue weighted by Crippen LogP contribution is 2.18. The van der Waals surface area contributed by atoms with Crippen LogP contribution in [0.4, 0.5) is 5.69 Å². The first-order chi connectivity index (χ1) is 8.40. The third kappa shape index (κ3) is 4.67. The van der Waals surface area contributed by atoms with E-state index in [9.17, 15) is 5.11 Å². The third-order valence-corrected chi connectivity index (χ3v) is 3.14. The van der Waals surface area contributed by atoms with Crippen LogP contribution < -0.4 is 10.2 Å². The smallest absolute Gasteiger partial charge is 0.0526 e. The number of benzene rings is 1. The van der Waals surface area contributed by atoms with E-state index >= 15 is 0 Å². The molecule has 0 spiro atoms. The van der Waals surface area contributed by atoms with Crippen LogP contribution in [0.1, 0.15) is 38.8 Å². The maximum absolute atomic E-state index is 9.36. The lowest BCUT2D eigenvalue weighted by Crippen LogP contribution is -2.31. The van der Waals surface area contributed by atoms with E-state index in [1.165, 1.54) is 11.3 Å². The Bertz CT molecular complexity index is 346. The SMILES string of the molecule is CC(O)CC(C)NC(C)c1ccc(N(C)C)cc1. The number of aliphatic hydroxyl groups is 1. The largest absolute Gasteiger partial charge is 0.393 e. The first kappa shape index (κ1) is 15.0. The standard InChI is InChI=1S/C15H26N2O/c1-11(10-12(2)18)16-13(3)14-6-8-15(9-7-14)17(4)5/h6-9,11-13,16,18H,10H2,1-5H3. The number of nitrogens with one attached hydrogen (secondary N) is 1. The normalized spacial score (nSPS) is 16.1. The van der Waals surface area contributed by atoms with E-state index in [-0.39, 0.29) is 6.10 Å². The summed E-state index contributed by atoms with van der Waals surface area (Å²) in [5.41, 5.74) is 2.49. The summed E-state index contributed by atoms with van der Waals surface area (Å²) >= 11 is 0. The minimum atomic E-state index is -0.254. The second kappa shape index (κ2) is 6.76. The Balaban J connectivity index is 2.58. The Kier molecular flexibility index (Phi) is 5.63. The molecule has 1 aromatic carbocycles. The number of hydrogen-bond acceptors (Lipinski definition) is 3. The molecule has 102 valence electrons. The molecule has 0 aliphatic carbocycles. The zero-order chi connectivity index (χ0) is 13.7. The van der Waals surface area contributed by atoms with Crippen molar-refractivity contribution < 1.29 is 5.11 Å². The van der Waals surface area contributed by atoms with Crippen molar-refractivity contribution in [2.24, 2.45) is 0 Å². The summed E-state index contributed by atoms with van der Waals surface area (Å²) in [4.78, 5) is 2.10. The fraction of sp³-hybridized carbons (Fsp3) is 0.600. The van der Waals surface area contributed by atoms with Crippen molar-refractivity contribution in [3.8, 4) is 0 Å². The molecule has 0 bridgehead atoms. The average Bonchev–Trinajstić information content (AvgIpc) is 2.27. The zero-order valence-electron chi connectivity index (χ0n) is 12.1. The molecule has 0 saturated carbocycles. The summed E-state index contributed by atoms with van der Waals surface area (Å²) in [6.07, 6.45) is 0.524. The molecule has 3 atom stereocenters. The lowest BCUT2D eigenvalue weighted by molar-refractivity contribution is 0.168. The van der Waals surface area contributed by atoms with Crippen LogP contribution in [0.2, 0.25) is 0 Å². The monoisotopic (exact) mass is 250 g/mol. The van der Waals surface area contributed by atoms with Crippen LogP contribution in [0, 0.1) is 0 Å². The van der Waals surface area contributed by atoms with Gasteiger partial charge < -0.3 is 15.3 Å². The topological polar surface area (TPSA) is 35.5 Å². The second-order valence-electron chi connectivity index (χ2n) is 5.36. The summed E-state index contributed by atoms with van der Waals surface area (Å²) in [5.74, 6) is 0. The highest BCUT2D eigenvalue weighted by atomic mass is 16.3. The van der Waals surface area contributed by atoms with Gasteiger partial charge in [-0.3, -0.25) is 0 Å². The Morgan fingerprint density at radius 1 is 1.11 bits per heavy atom. The van der Waals surface area contributed by atoms with Crippen LogP contribution >= 0.6 is 0 Å². The summed E-state index contributed by atoms with van der Waals surface area (Å²) in [7, 11) is 4.09. The molecule has 0 aliphatic heterocycles. The van der Waals surface area contributed by atoms with E-state index in [1.54, 1.807) is 0 Å². The van der Waals surface area contributed by atoms with Gasteiger partial charge in [-0.25, -0.2) is 0 Å². The van der Waals surface area contributed by atoms with Crippen LogP contribution in [0.25, 0.3) is 0 Å². The first-order valence-electron chi connectivity index (χ1n) is 6.61.